The van der Waals surface area contributed by atoms with Gasteiger partial charge >= 0.3 is 0 Å². The van der Waals surface area contributed by atoms with Gasteiger partial charge < -0.3 is 10.2 Å². The molecule has 122 valence electrons. The number of rotatable bonds is 5. The van der Waals surface area contributed by atoms with Crippen molar-refractivity contribution in [3.8, 4) is 0 Å². The number of nitrogens with zero attached hydrogens (tertiary/aromatic N) is 2. The minimum atomic E-state index is -0.412. The van der Waals surface area contributed by atoms with E-state index >= 15 is 0 Å². The Morgan fingerprint density at radius 1 is 1.50 bits per heavy atom. The third-order valence-corrected chi connectivity index (χ3v) is 3.99. The van der Waals surface area contributed by atoms with E-state index in [9.17, 15) is 14.9 Å². The van der Waals surface area contributed by atoms with E-state index in [1.165, 1.54) is 6.07 Å². The molecule has 1 unspecified atom stereocenters. The Hall–Kier alpha value is -1.66. The van der Waals surface area contributed by atoms with Crippen molar-refractivity contribution in [2.24, 2.45) is 0 Å². The second-order valence-corrected chi connectivity index (χ2v) is 5.31. The minimum absolute atomic E-state index is 0. The van der Waals surface area contributed by atoms with Gasteiger partial charge in [-0.3, -0.25) is 14.9 Å². The summed E-state index contributed by atoms with van der Waals surface area (Å²) in [5, 5.41) is 14.2. The zero-order chi connectivity index (χ0) is 15.4. The van der Waals surface area contributed by atoms with E-state index in [1.807, 2.05) is 18.9 Å². The van der Waals surface area contributed by atoms with Crippen LogP contribution in [0.2, 0.25) is 0 Å². The molecule has 1 N–H and O–H groups in total. The lowest BCUT2D eigenvalue weighted by Gasteiger charge is -2.24. The van der Waals surface area contributed by atoms with Gasteiger partial charge in [-0.05, 0) is 32.4 Å². The average Bonchev–Trinajstić information content (AvgIpc) is 2.94. The van der Waals surface area contributed by atoms with Crippen LogP contribution < -0.4 is 5.32 Å². The third kappa shape index (κ3) is 3.75. The van der Waals surface area contributed by atoms with Crippen molar-refractivity contribution in [3.63, 3.8) is 0 Å². The quantitative estimate of drug-likeness (QED) is 0.665. The van der Waals surface area contributed by atoms with Gasteiger partial charge in [-0.25, -0.2) is 0 Å². The van der Waals surface area contributed by atoms with Gasteiger partial charge in [0.25, 0.3) is 11.6 Å². The van der Waals surface area contributed by atoms with Gasteiger partial charge in [-0.1, -0.05) is 13.0 Å². The summed E-state index contributed by atoms with van der Waals surface area (Å²) in [5.41, 5.74) is 1.10. The Balaban J connectivity index is 0.00000242. The molecule has 7 heteroatoms. The maximum atomic E-state index is 12.6. The topological polar surface area (TPSA) is 75.5 Å². The molecule has 1 aliphatic heterocycles. The number of aryl methyl sites for hydroxylation is 1. The van der Waals surface area contributed by atoms with Crippen molar-refractivity contribution in [2.75, 3.05) is 20.1 Å². The van der Waals surface area contributed by atoms with Crippen LogP contribution in [0.5, 0.6) is 0 Å². The molecule has 0 saturated carbocycles. The molecule has 1 heterocycles. The molecule has 1 aromatic carbocycles. The molecule has 22 heavy (non-hydrogen) atoms. The van der Waals surface area contributed by atoms with Crippen molar-refractivity contribution >= 4 is 24.0 Å². The molecule has 0 aromatic heterocycles. The highest BCUT2D eigenvalue weighted by atomic mass is 35.5. The van der Waals surface area contributed by atoms with Crippen molar-refractivity contribution in [1.82, 2.24) is 10.2 Å². The number of likely N-dealkylation sites (tertiary alicyclic amines) is 1. The van der Waals surface area contributed by atoms with Gasteiger partial charge in [-0.2, -0.15) is 0 Å². The Morgan fingerprint density at radius 3 is 2.82 bits per heavy atom. The van der Waals surface area contributed by atoms with Crippen LogP contribution in [0.15, 0.2) is 18.2 Å². The number of amides is 1. The summed E-state index contributed by atoms with van der Waals surface area (Å²) in [7, 11) is 1.86. The Labute approximate surface area is 136 Å². The summed E-state index contributed by atoms with van der Waals surface area (Å²) in [6.45, 7) is 3.34. The summed E-state index contributed by atoms with van der Waals surface area (Å²) in [6, 6.07) is 4.97. The molecule has 1 saturated heterocycles. The van der Waals surface area contributed by atoms with E-state index in [0.717, 1.165) is 19.4 Å². The zero-order valence-electron chi connectivity index (χ0n) is 12.9. The van der Waals surface area contributed by atoms with Crippen LogP contribution in [0.3, 0.4) is 0 Å². The number of nitrogens with one attached hydrogen (secondary N) is 1. The summed E-state index contributed by atoms with van der Waals surface area (Å²) < 4.78 is 0. The van der Waals surface area contributed by atoms with Crippen LogP contribution >= 0.6 is 12.4 Å². The summed E-state index contributed by atoms with van der Waals surface area (Å²) in [5.74, 6) is -0.112. The fourth-order valence-electron chi connectivity index (χ4n) is 2.88. The number of carbonyl (C=O) groups is 1. The van der Waals surface area contributed by atoms with Crippen LogP contribution in [0.4, 0.5) is 5.69 Å². The highest BCUT2D eigenvalue weighted by molar-refractivity contribution is 5.95. The van der Waals surface area contributed by atoms with Crippen LogP contribution in [0, 0.1) is 10.1 Å². The predicted molar refractivity (Wildman–Crippen MR) is 87.7 cm³/mol. The second-order valence-electron chi connectivity index (χ2n) is 5.31. The number of carbonyl (C=O) groups excluding carboxylic acids is 1. The second kappa shape index (κ2) is 8.10. The first-order valence-corrected chi connectivity index (χ1v) is 7.31. The van der Waals surface area contributed by atoms with Crippen LogP contribution in [-0.4, -0.2) is 41.9 Å². The lowest BCUT2D eigenvalue weighted by atomic mass is 10.1. The number of nitro benzene ring substituents is 1. The van der Waals surface area contributed by atoms with Gasteiger partial charge in [-0.15, -0.1) is 12.4 Å². The highest BCUT2D eigenvalue weighted by Crippen LogP contribution is 2.24. The predicted octanol–water partition coefficient (Wildman–Crippen LogP) is 2.40. The fourth-order valence-corrected chi connectivity index (χ4v) is 2.88. The molecule has 1 atom stereocenters. The SMILES string of the molecule is CCc1ccc(C(=O)N2CCCC2CNC)cc1[N+](=O)[O-].Cl. The number of benzene rings is 1. The lowest BCUT2D eigenvalue weighted by molar-refractivity contribution is -0.385. The maximum Gasteiger partial charge on any atom is 0.273 e. The normalized spacial score (nSPS) is 17.2. The van der Waals surface area contributed by atoms with Crippen molar-refractivity contribution in [3.05, 3.63) is 39.4 Å². The Kier molecular flexibility index (Phi) is 6.77. The number of nitro groups is 1. The highest BCUT2D eigenvalue weighted by Gasteiger charge is 2.29. The van der Waals surface area contributed by atoms with E-state index < -0.39 is 4.92 Å². The third-order valence-electron chi connectivity index (χ3n) is 3.99. The molecule has 2 rings (SSSR count). The number of likely N-dealkylation sites (N-methyl/N-ethyl adjacent to an activating group) is 1. The summed E-state index contributed by atoms with van der Waals surface area (Å²) in [6.07, 6.45) is 2.53. The first-order valence-electron chi connectivity index (χ1n) is 7.31. The zero-order valence-corrected chi connectivity index (χ0v) is 13.7. The average molecular weight is 328 g/mol. The smallest absolute Gasteiger partial charge is 0.273 e. The van der Waals surface area contributed by atoms with E-state index in [4.69, 9.17) is 0 Å². The molecule has 0 bridgehead atoms. The van der Waals surface area contributed by atoms with Crippen LogP contribution in [0.1, 0.15) is 35.7 Å². The van der Waals surface area contributed by atoms with E-state index in [-0.39, 0.29) is 30.0 Å². The molecule has 0 radical (unpaired) electrons. The molecule has 1 aromatic rings. The van der Waals surface area contributed by atoms with E-state index in [0.29, 0.717) is 24.1 Å². The van der Waals surface area contributed by atoms with E-state index in [1.54, 1.807) is 12.1 Å². The van der Waals surface area contributed by atoms with E-state index in [2.05, 4.69) is 5.32 Å². The van der Waals surface area contributed by atoms with Gasteiger partial charge in [0, 0.05) is 36.3 Å². The molecular formula is C15H22ClN3O3. The number of halogens is 1. The number of hydrogen-bond acceptors (Lipinski definition) is 4. The monoisotopic (exact) mass is 327 g/mol. The standard InChI is InChI=1S/C15H21N3O3.ClH/c1-3-11-6-7-12(9-14(11)18(20)21)15(19)17-8-4-5-13(17)10-16-2;/h6-7,9,13,16H,3-5,8,10H2,1-2H3;1H. The van der Waals surface area contributed by atoms with Gasteiger partial charge in [0.15, 0.2) is 0 Å². The molecular weight excluding hydrogens is 306 g/mol. The molecule has 0 spiro atoms. The Bertz CT molecular complexity index is 551. The maximum absolute atomic E-state index is 12.6. The van der Waals surface area contributed by atoms with Crippen molar-refractivity contribution in [1.29, 1.82) is 0 Å². The molecule has 0 aliphatic carbocycles. The van der Waals surface area contributed by atoms with Crippen molar-refractivity contribution < 1.29 is 9.72 Å². The molecule has 1 amide bonds. The first-order chi connectivity index (χ1) is 10.1. The number of hydrogen-bond donors (Lipinski definition) is 1. The van der Waals surface area contributed by atoms with Gasteiger partial charge in [0.05, 0.1) is 4.92 Å². The summed E-state index contributed by atoms with van der Waals surface area (Å²) in [4.78, 5) is 25.1. The Morgan fingerprint density at radius 2 is 2.23 bits per heavy atom. The van der Waals surface area contributed by atoms with Crippen LogP contribution in [-0.2, 0) is 6.42 Å². The van der Waals surface area contributed by atoms with Crippen LogP contribution in [0.25, 0.3) is 0 Å². The molecule has 6 nitrogen and oxygen atoms in total. The fraction of sp³-hybridized carbons (Fsp3) is 0.533. The summed E-state index contributed by atoms with van der Waals surface area (Å²) >= 11 is 0. The lowest BCUT2D eigenvalue weighted by Crippen LogP contribution is -2.40. The van der Waals surface area contributed by atoms with Gasteiger partial charge in [0.2, 0.25) is 0 Å². The molecule has 1 aliphatic rings. The molecule has 1 fully saturated rings. The van der Waals surface area contributed by atoms with Crippen molar-refractivity contribution in [2.45, 2.75) is 32.2 Å². The minimum Gasteiger partial charge on any atom is -0.334 e. The van der Waals surface area contributed by atoms with Gasteiger partial charge in [0.1, 0.15) is 0 Å². The first kappa shape index (κ1) is 18.4. The largest absolute Gasteiger partial charge is 0.334 e.